The zero-order valence-corrected chi connectivity index (χ0v) is 13.6. The van der Waals surface area contributed by atoms with Gasteiger partial charge in [0.2, 0.25) is 0 Å². The number of imidazole rings is 1. The molecule has 2 aliphatic rings. The van der Waals surface area contributed by atoms with Gasteiger partial charge in [0.1, 0.15) is 0 Å². The molecule has 4 heteroatoms. The fourth-order valence-electron chi connectivity index (χ4n) is 3.53. The molecule has 3 nitrogen and oxygen atoms in total. The number of aromatic nitrogens is 2. The van der Waals surface area contributed by atoms with Gasteiger partial charge in [-0.05, 0) is 43.5 Å². The van der Waals surface area contributed by atoms with Crippen molar-refractivity contribution in [3.05, 3.63) is 52.5 Å². The maximum atomic E-state index is 4.44. The number of nitrogens with one attached hydrogen (secondary N) is 1. The molecule has 1 aromatic carbocycles. The number of halogens is 1. The number of rotatable bonds is 3. The standard InChI is InChI=1S/C17H20BrN3/c18-13-3-1-12(2-4-13)16-9-19-8-7-15(16)17-10-20-11-21(17)14-5-6-14/h1-4,10-11,14-16,19H,5-9H2. The topological polar surface area (TPSA) is 29.9 Å². The first kappa shape index (κ1) is 13.5. The molecule has 0 amide bonds. The molecule has 21 heavy (non-hydrogen) atoms. The molecular weight excluding hydrogens is 326 g/mol. The average Bonchev–Trinajstić information content (AvgIpc) is 3.25. The highest BCUT2D eigenvalue weighted by Crippen LogP contribution is 2.42. The van der Waals surface area contributed by atoms with E-state index in [1.807, 2.05) is 6.33 Å². The Balaban J connectivity index is 1.67. The minimum Gasteiger partial charge on any atom is -0.331 e. The van der Waals surface area contributed by atoms with Gasteiger partial charge in [-0.2, -0.15) is 0 Å². The van der Waals surface area contributed by atoms with Crippen molar-refractivity contribution in [2.24, 2.45) is 0 Å². The minimum absolute atomic E-state index is 0.543. The number of hydrogen-bond donors (Lipinski definition) is 1. The lowest BCUT2D eigenvalue weighted by Crippen LogP contribution is -2.34. The van der Waals surface area contributed by atoms with Crippen LogP contribution in [0.3, 0.4) is 0 Å². The zero-order valence-electron chi connectivity index (χ0n) is 12.0. The van der Waals surface area contributed by atoms with Crippen molar-refractivity contribution in [1.29, 1.82) is 0 Å². The van der Waals surface area contributed by atoms with Crippen molar-refractivity contribution >= 4 is 15.9 Å². The molecule has 110 valence electrons. The molecule has 4 rings (SSSR count). The highest BCUT2D eigenvalue weighted by Gasteiger charge is 2.33. The fraction of sp³-hybridized carbons (Fsp3) is 0.471. The molecule has 1 saturated heterocycles. The Kier molecular flexibility index (Phi) is 3.59. The zero-order chi connectivity index (χ0) is 14.2. The Hall–Kier alpha value is -1.13. The van der Waals surface area contributed by atoms with E-state index >= 15 is 0 Å². The van der Waals surface area contributed by atoms with Crippen LogP contribution in [0.1, 0.15) is 48.4 Å². The normalized spacial score (nSPS) is 26.0. The Morgan fingerprint density at radius 2 is 1.90 bits per heavy atom. The van der Waals surface area contributed by atoms with Gasteiger partial charge in [0.05, 0.1) is 6.33 Å². The Bertz CT molecular complexity index is 615. The van der Waals surface area contributed by atoms with Crippen molar-refractivity contribution in [1.82, 2.24) is 14.9 Å². The van der Waals surface area contributed by atoms with Gasteiger partial charge < -0.3 is 9.88 Å². The van der Waals surface area contributed by atoms with Gasteiger partial charge in [-0.25, -0.2) is 4.98 Å². The van der Waals surface area contributed by atoms with Crippen LogP contribution in [0.25, 0.3) is 0 Å². The van der Waals surface area contributed by atoms with Gasteiger partial charge in [-0.15, -0.1) is 0 Å². The molecule has 1 N–H and O–H groups in total. The van der Waals surface area contributed by atoms with E-state index in [9.17, 15) is 0 Å². The Morgan fingerprint density at radius 1 is 1.10 bits per heavy atom. The van der Waals surface area contributed by atoms with Gasteiger partial charge in [-0.1, -0.05) is 28.1 Å². The molecule has 1 saturated carbocycles. The van der Waals surface area contributed by atoms with Crippen LogP contribution in [0, 0.1) is 0 Å². The first-order valence-corrected chi connectivity index (χ1v) is 8.60. The van der Waals surface area contributed by atoms with E-state index in [4.69, 9.17) is 0 Å². The average molecular weight is 346 g/mol. The summed E-state index contributed by atoms with van der Waals surface area (Å²) in [6.07, 6.45) is 7.96. The maximum absolute atomic E-state index is 4.44. The monoisotopic (exact) mass is 345 g/mol. The molecule has 2 fully saturated rings. The molecule has 1 aromatic heterocycles. The Labute approximate surface area is 133 Å². The van der Waals surface area contributed by atoms with Crippen molar-refractivity contribution in [3.63, 3.8) is 0 Å². The van der Waals surface area contributed by atoms with Crippen LogP contribution in [0.2, 0.25) is 0 Å². The van der Waals surface area contributed by atoms with Crippen LogP contribution in [-0.4, -0.2) is 22.6 Å². The van der Waals surface area contributed by atoms with E-state index in [0.717, 1.165) is 17.6 Å². The highest BCUT2D eigenvalue weighted by molar-refractivity contribution is 9.10. The molecule has 2 atom stereocenters. The number of hydrogen-bond acceptors (Lipinski definition) is 2. The summed E-state index contributed by atoms with van der Waals surface area (Å²) in [6.45, 7) is 2.16. The predicted molar refractivity (Wildman–Crippen MR) is 87.6 cm³/mol. The van der Waals surface area contributed by atoms with Gasteiger partial charge in [-0.3, -0.25) is 0 Å². The van der Waals surface area contributed by atoms with Gasteiger partial charge in [0, 0.05) is 40.8 Å². The molecule has 2 aromatic rings. The summed E-state index contributed by atoms with van der Waals surface area (Å²) in [6, 6.07) is 9.53. The maximum Gasteiger partial charge on any atom is 0.0950 e. The summed E-state index contributed by atoms with van der Waals surface area (Å²) >= 11 is 3.53. The molecule has 2 unspecified atom stereocenters. The smallest absolute Gasteiger partial charge is 0.0950 e. The Morgan fingerprint density at radius 3 is 2.67 bits per heavy atom. The lowest BCUT2D eigenvalue weighted by molar-refractivity contribution is 0.388. The lowest BCUT2D eigenvalue weighted by Gasteiger charge is -2.33. The van der Waals surface area contributed by atoms with E-state index in [-0.39, 0.29) is 0 Å². The minimum atomic E-state index is 0.543. The van der Waals surface area contributed by atoms with Crippen LogP contribution >= 0.6 is 15.9 Å². The molecule has 2 heterocycles. The van der Waals surface area contributed by atoms with Crippen LogP contribution in [0.4, 0.5) is 0 Å². The molecule has 0 bridgehead atoms. The lowest BCUT2D eigenvalue weighted by atomic mass is 9.79. The van der Waals surface area contributed by atoms with Crippen LogP contribution in [-0.2, 0) is 0 Å². The van der Waals surface area contributed by atoms with E-state index in [2.05, 4.69) is 61.3 Å². The SMILES string of the molecule is Brc1ccc(C2CNCCC2c2cncn2C2CC2)cc1. The van der Waals surface area contributed by atoms with E-state index < -0.39 is 0 Å². The molecular formula is C17H20BrN3. The van der Waals surface area contributed by atoms with Crippen molar-refractivity contribution in [3.8, 4) is 0 Å². The molecule has 0 radical (unpaired) electrons. The molecule has 1 aliphatic heterocycles. The third-order valence-corrected chi connectivity index (χ3v) is 5.33. The summed E-state index contributed by atoms with van der Waals surface area (Å²) in [5, 5.41) is 3.56. The highest BCUT2D eigenvalue weighted by atomic mass is 79.9. The second kappa shape index (κ2) is 5.58. The molecule has 1 aliphatic carbocycles. The van der Waals surface area contributed by atoms with Crippen LogP contribution in [0.5, 0.6) is 0 Å². The first-order chi connectivity index (χ1) is 10.3. The number of benzene rings is 1. The van der Waals surface area contributed by atoms with Crippen LogP contribution < -0.4 is 5.32 Å². The van der Waals surface area contributed by atoms with E-state index in [1.54, 1.807) is 0 Å². The quantitative estimate of drug-likeness (QED) is 0.915. The predicted octanol–water partition coefficient (Wildman–Crippen LogP) is 3.84. The summed E-state index contributed by atoms with van der Waals surface area (Å²) in [5.41, 5.74) is 2.87. The van der Waals surface area contributed by atoms with Crippen molar-refractivity contribution < 1.29 is 0 Å². The van der Waals surface area contributed by atoms with Gasteiger partial charge >= 0.3 is 0 Å². The van der Waals surface area contributed by atoms with Crippen molar-refractivity contribution in [2.75, 3.05) is 13.1 Å². The second-order valence-electron chi connectivity index (χ2n) is 6.21. The summed E-state index contributed by atoms with van der Waals surface area (Å²) < 4.78 is 3.58. The summed E-state index contributed by atoms with van der Waals surface area (Å²) in [5.74, 6) is 1.12. The van der Waals surface area contributed by atoms with Crippen LogP contribution in [0.15, 0.2) is 41.3 Å². The van der Waals surface area contributed by atoms with Gasteiger partial charge in [0.15, 0.2) is 0 Å². The fourth-order valence-corrected chi connectivity index (χ4v) is 3.80. The van der Waals surface area contributed by atoms with E-state index in [1.165, 1.54) is 30.5 Å². The summed E-state index contributed by atoms with van der Waals surface area (Å²) in [7, 11) is 0. The second-order valence-corrected chi connectivity index (χ2v) is 7.13. The molecule has 0 spiro atoms. The van der Waals surface area contributed by atoms with Gasteiger partial charge in [0.25, 0.3) is 0 Å². The third kappa shape index (κ3) is 2.67. The summed E-state index contributed by atoms with van der Waals surface area (Å²) in [4.78, 5) is 4.44. The van der Waals surface area contributed by atoms with E-state index in [0.29, 0.717) is 17.9 Å². The number of nitrogens with zero attached hydrogens (tertiary/aromatic N) is 2. The largest absolute Gasteiger partial charge is 0.331 e. The number of piperidine rings is 1. The van der Waals surface area contributed by atoms with Crippen molar-refractivity contribution in [2.45, 2.75) is 37.1 Å². The third-order valence-electron chi connectivity index (χ3n) is 4.80. The first-order valence-electron chi connectivity index (χ1n) is 7.81.